The molecule has 2 radical (unpaired) electrons. The summed E-state index contributed by atoms with van der Waals surface area (Å²) in [6, 6.07) is 8.46. The third-order valence-corrected chi connectivity index (χ3v) is 9.03. The van der Waals surface area contributed by atoms with Gasteiger partial charge in [-0.2, -0.15) is 13.9 Å². The largest absolute Gasteiger partial charge is 0.497 e. The van der Waals surface area contributed by atoms with E-state index < -0.39 is 10.0 Å². The number of anilines is 1. The van der Waals surface area contributed by atoms with Crippen molar-refractivity contribution in [2.45, 2.75) is 30.6 Å². The molecular weight excluding hydrogens is 497 g/mol. The van der Waals surface area contributed by atoms with Crippen LogP contribution in [-0.4, -0.2) is 61.9 Å². The first-order valence-corrected chi connectivity index (χ1v) is 13.8. The maximum Gasteiger partial charge on any atom is 0.243 e. The second-order valence-electron chi connectivity index (χ2n) is 9.03. The average Bonchev–Trinajstić information content (AvgIpc) is 3.28. The van der Waals surface area contributed by atoms with Gasteiger partial charge in [0.2, 0.25) is 10.0 Å². The Morgan fingerprint density at radius 1 is 1.22 bits per heavy atom. The first kappa shape index (κ1) is 24.9. The summed E-state index contributed by atoms with van der Waals surface area (Å²) in [4.78, 5) is 4.99. The van der Waals surface area contributed by atoms with Gasteiger partial charge in [-0.3, -0.25) is 0 Å². The maximum atomic E-state index is 13.1. The topological polar surface area (TPSA) is 88.8 Å². The van der Waals surface area contributed by atoms with Crippen LogP contribution >= 0.6 is 11.6 Å². The third-order valence-electron chi connectivity index (χ3n) is 6.72. The van der Waals surface area contributed by atoms with Gasteiger partial charge in [-0.15, -0.1) is 0 Å². The van der Waals surface area contributed by atoms with Crippen molar-refractivity contribution in [3.05, 3.63) is 59.4 Å². The molecule has 36 heavy (non-hydrogen) atoms. The van der Waals surface area contributed by atoms with Crippen LogP contribution in [0.15, 0.2) is 58.6 Å². The molecule has 1 aromatic carbocycles. The number of nitrogens with zero attached hydrogens (tertiary/aromatic N) is 4. The van der Waals surface area contributed by atoms with Crippen molar-refractivity contribution in [2.75, 3.05) is 32.1 Å². The minimum Gasteiger partial charge on any atom is -0.497 e. The Morgan fingerprint density at radius 3 is 2.67 bits per heavy atom. The summed E-state index contributed by atoms with van der Waals surface area (Å²) in [5, 5.41) is 8.66. The second kappa shape index (κ2) is 10.3. The highest BCUT2D eigenvalue weighted by atomic mass is 35.5. The zero-order valence-corrected chi connectivity index (χ0v) is 21.6. The normalized spacial score (nSPS) is 17.6. The second-order valence-corrected chi connectivity index (χ2v) is 11.4. The summed E-state index contributed by atoms with van der Waals surface area (Å²) in [6.45, 7) is 1.62. The zero-order valence-electron chi connectivity index (χ0n) is 20.0. The Balaban J connectivity index is 1.28. The molecule has 3 aromatic rings. The van der Waals surface area contributed by atoms with E-state index in [-0.39, 0.29) is 4.90 Å². The fraction of sp³-hybridized carbons (Fsp3) is 0.360. The van der Waals surface area contributed by atoms with E-state index in [0.717, 1.165) is 47.8 Å². The van der Waals surface area contributed by atoms with Gasteiger partial charge in [0.05, 0.1) is 17.7 Å². The molecule has 8 nitrogen and oxygen atoms in total. The van der Waals surface area contributed by atoms with Gasteiger partial charge in [-0.25, -0.2) is 13.4 Å². The van der Waals surface area contributed by atoms with Crippen molar-refractivity contribution < 1.29 is 13.2 Å². The lowest BCUT2D eigenvalue weighted by atomic mass is 9.98. The molecule has 1 aliphatic carbocycles. The van der Waals surface area contributed by atoms with Gasteiger partial charge in [0, 0.05) is 42.5 Å². The van der Waals surface area contributed by atoms with Crippen molar-refractivity contribution in [1.82, 2.24) is 18.9 Å². The number of methoxy groups -OCH3 is 1. The monoisotopic (exact) mass is 523 g/mol. The molecule has 2 aromatic heterocycles. The number of fused-ring (bicyclic) bond motifs is 1. The molecule has 11 heteroatoms. The van der Waals surface area contributed by atoms with Crippen molar-refractivity contribution in [1.29, 1.82) is 0 Å². The zero-order chi connectivity index (χ0) is 25.3. The average molecular weight is 524 g/mol. The van der Waals surface area contributed by atoms with Crippen LogP contribution in [0.2, 0.25) is 0 Å². The molecule has 1 saturated heterocycles. The Morgan fingerprint density at radius 2 is 1.97 bits per heavy atom. The lowest BCUT2D eigenvalue weighted by Crippen LogP contribution is -2.39. The SMILES string of the molecule is [B]c1cnn2c(NCC3CCN(S(=O)(=O)c4ccc(OC)cc4)CC3)cc(C3=C(Cl)CCC=C3)nc12. The van der Waals surface area contributed by atoms with Gasteiger partial charge < -0.3 is 10.1 Å². The third kappa shape index (κ3) is 4.90. The van der Waals surface area contributed by atoms with Crippen LogP contribution < -0.4 is 15.5 Å². The summed E-state index contributed by atoms with van der Waals surface area (Å²) in [5.74, 6) is 1.71. The number of piperidine rings is 1. The van der Waals surface area contributed by atoms with Gasteiger partial charge in [0.25, 0.3) is 0 Å². The van der Waals surface area contributed by atoms with Crippen molar-refractivity contribution in [2.24, 2.45) is 5.92 Å². The van der Waals surface area contributed by atoms with Gasteiger partial charge >= 0.3 is 0 Å². The van der Waals surface area contributed by atoms with Crippen LogP contribution in [0, 0.1) is 5.92 Å². The van der Waals surface area contributed by atoms with Crippen LogP contribution in [0.5, 0.6) is 5.75 Å². The summed E-state index contributed by atoms with van der Waals surface area (Å²) in [6.07, 6.45) is 8.89. The number of benzene rings is 1. The Hall–Kier alpha value is -2.82. The van der Waals surface area contributed by atoms with Crippen LogP contribution in [0.1, 0.15) is 31.4 Å². The molecule has 0 atom stereocenters. The van der Waals surface area contributed by atoms with Gasteiger partial charge in [-0.05, 0) is 61.3 Å². The van der Waals surface area contributed by atoms with Crippen LogP contribution in [0.4, 0.5) is 5.82 Å². The molecule has 0 amide bonds. The molecule has 1 fully saturated rings. The molecular formula is C25H27BClN5O3S. The first-order chi connectivity index (χ1) is 17.4. The van der Waals surface area contributed by atoms with E-state index in [9.17, 15) is 8.42 Å². The molecule has 0 spiro atoms. The minimum atomic E-state index is -3.53. The number of nitrogens with one attached hydrogen (secondary N) is 1. The number of halogens is 1. The maximum absolute atomic E-state index is 13.1. The van der Waals surface area contributed by atoms with Crippen LogP contribution in [0.3, 0.4) is 0 Å². The molecule has 1 aliphatic heterocycles. The first-order valence-electron chi connectivity index (χ1n) is 11.9. The lowest BCUT2D eigenvalue weighted by molar-refractivity contribution is 0.282. The van der Waals surface area contributed by atoms with E-state index in [1.165, 1.54) is 0 Å². The number of allylic oxidation sites excluding steroid dienone is 4. The molecule has 3 heterocycles. The highest BCUT2D eigenvalue weighted by molar-refractivity contribution is 7.89. The summed E-state index contributed by atoms with van der Waals surface area (Å²) >= 11 is 6.50. The standard InChI is InChI=1S/C25H27BClN5O3S/c1-35-18-6-8-19(9-7-18)36(33,34)31-12-10-17(11-13-31)15-28-24-14-23(20-4-2-3-5-22(20)27)30-25-21(26)16-29-32(24)25/h2,4,6-9,14,16-17,28H,3,5,10-13,15H2,1H3. The van der Waals surface area contributed by atoms with E-state index in [1.807, 2.05) is 12.1 Å². The highest BCUT2D eigenvalue weighted by Crippen LogP contribution is 2.31. The van der Waals surface area contributed by atoms with E-state index in [1.54, 1.807) is 46.4 Å². The smallest absolute Gasteiger partial charge is 0.243 e. The minimum absolute atomic E-state index is 0.285. The van der Waals surface area contributed by atoms with Crippen molar-refractivity contribution >= 4 is 52.0 Å². The molecule has 0 bridgehead atoms. The summed E-state index contributed by atoms with van der Waals surface area (Å²) < 4.78 is 34.5. The molecule has 5 rings (SSSR count). The number of ether oxygens (including phenoxy) is 1. The van der Waals surface area contributed by atoms with E-state index >= 15 is 0 Å². The van der Waals surface area contributed by atoms with Crippen molar-refractivity contribution in [3.63, 3.8) is 0 Å². The predicted molar refractivity (Wildman–Crippen MR) is 142 cm³/mol. The number of hydrogen-bond donors (Lipinski definition) is 1. The van der Waals surface area contributed by atoms with Crippen molar-refractivity contribution in [3.8, 4) is 5.75 Å². The van der Waals surface area contributed by atoms with Crippen LogP contribution in [-0.2, 0) is 10.0 Å². The number of sulfonamides is 1. The Bertz CT molecular complexity index is 1430. The summed E-state index contributed by atoms with van der Waals surface area (Å²) in [7, 11) is 4.15. The van der Waals surface area contributed by atoms with E-state index in [4.69, 9.17) is 29.2 Å². The quantitative estimate of drug-likeness (QED) is 0.478. The van der Waals surface area contributed by atoms with E-state index in [2.05, 4.69) is 16.5 Å². The lowest BCUT2D eigenvalue weighted by Gasteiger charge is -2.31. The molecule has 1 N–H and O–H groups in total. The van der Waals surface area contributed by atoms with Gasteiger partial charge in [-0.1, -0.05) is 23.8 Å². The molecule has 0 unspecified atom stereocenters. The Labute approximate surface area is 217 Å². The predicted octanol–water partition coefficient (Wildman–Crippen LogP) is 3.34. The molecule has 2 aliphatic rings. The highest BCUT2D eigenvalue weighted by Gasteiger charge is 2.29. The fourth-order valence-electron chi connectivity index (χ4n) is 4.60. The molecule has 0 saturated carbocycles. The Kier molecular flexibility index (Phi) is 7.10. The number of aromatic nitrogens is 3. The van der Waals surface area contributed by atoms with Gasteiger partial charge in [0.15, 0.2) is 5.65 Å². The molecule has 186 valence electrons. The van der Waals surface area contributed by atoms with Gasteiger partial charge in [0.1, 0.15) is 19.4 Å². The fourth-order valence-corrected chi connectivity index (χ4v) is 6.34. The summed E-state index contributed by atoms with van der Waals surface area (Å²) in [5.41, 5.74) is 2.71. The van der Waals surface area contributed by atoms with Crippen LogP contribution in [0.25, 0.3) is 11.2 Å². The van der Waals surface area contributed by atoms with E-state index in [0.29, 0.717) is 42.4 Å². The number of hydrogen-bond acceptors (Lipinski definition) is 6. The number of rotatable bonds is 7.